The number of hydrogen-bond acceptors (Lipinski definition) is 4. The van der Waals surface area contributed by atoms with E-state index in [1.54, 1.807) is 0 Å². The molecule has 2 saturated heterocycles. The second-order valence-corrected chi connectivity index (χ2v) is 7.04. The fourth-order valence-electron chi connectivity index (χ4n) is 3.94. The molecule has 0 aliphatic carbocycles. The molecule has 2 heterocycles. The molecule has 0 unspecified atom stereocenters. The fraction of sp³-hybridized carbons (Fsp3) is 0.429. The van der Waals surface area contributed by atoms with Gasteiger partial charge in [-0.25, -0.2) is 0 Å². The van der Waals surface area contributed by atoms with Crippen molar-refractivity contribution in [3.63, 3.8) is 0 Å². The van der Waals surface area contributed by atoms with Crippen LogP contribution in [0.1, 0.15) is 5.56 Å². The van der Waals surface area contributed by atoms with Crippen molar-refractivity contribution in [2.45, 2.75) is 18.7 Å². The van der Waals surface area contributed by atoms with Crippen LogP contribution >= 0.6 is 0 Å². The van der Waals surface area contributed by atoms with Crippen LogP contribution in [-0.2, 0) is 11.3 Å². The first-order valence-corrected chi connectivity index (χ1v) is 9.16. The number of β-amino-alcohol motifs (C(OH)–C–C–N with tert-alkyl or cyclic N) is 1. The zero-order valence-corrected chi connectivity index (χ0v) is 14.6. The third kappa shape index (κ3) is 3.93. The number of morpholine rings is 1. The zero-order valence-electron chi connectivity index (χ0n) is 14.6. The van der Waals surface area contributed by atoms with E-state index in [4.69, 9.17) is 4.74 Å². The van der Waals surface area contributed by atoms with Crippen LogP contribution in [-0.4, -0.2) is 66.4 Å². The van der Waals surface area contributed by atoms with Gasteiger partial charge in [0.15, 0.2) is 0 Å². The molecule has 2 aromatic carbocycles. The Morgan fingerprint density at radius 2 is 1.56 bits per heavy atom. The molecular formula is C21H26N2O2. The molecule has 25 heavy (non-hydrogen) atoms. The van der Waals surface area contributed by atoms with Crippen LogP contribution in [0.2, 0.25) is 0 Å². The number of hydrogen-bond donors (Lipinski definition) is 1. The predicted molar refractivity (Wildman–Crippen MR) is 99.3 cm³/mol. The van der Waals surface area contributed by atoms with Crippen LogP contribution in [0.15, 0.2) is 54.6 Å². The first-order valence-electron chi connectivity index (χ1n) is 9.16. The molecule has 0 bridgehead atoms. The lowest BCUT2D eigenvalue weighted by Crippen LogP contribution is -2.48. The molecule has 2 fully saturated rings. The summed E-state index contributed by atoms with van der Waals surface area (Å²) in [4.78, 5) is 4.75. The van der Waals surface area contributed by atoms with Gasteiger partial charge >= 0.3 is 0 Å². The highest BCUT2D eigenvalue weighted by atomic mass is 16.5. The van der Waals surface area contributed by atoms with Gasteiger partial charge in [-0.15, -0.1) is 0 Å². The van der Waals surface area contributed by atoms with Crippen LogP contribution in [0.4, 0.5) is 0 Å². The third-order valence-corrected chi connectivity index (χ3v) is 5.32. The van der Waals surface area contributed by atoms with Gasteiger partial charge in [-0.2, -0.15) is 0 Å². The van der Waals surface area contributed by atoms with Gasteiger partial charge in [-0.05, 0) is 16.7 Å². The number of aliphatic hydroxyl groups excluding tert-OH is 1. The first kappa shape index (κ1) is 16.7. The van der Waals surface area contributed by atoms with Crippen molar-refractivity contribution in [2.24, 2.45) is 0 Å². The summed E-state index contributed by atoms with van der Waals surface area (Å²) >= 11 is 0. The second-order valence-electron chi connectivity index (χ2n) is 7.04. The minimum Gasteiger partial charge on any atom is -0.390 e. The molecule has 0 radical (unpaired) electrons. The van der Waals surface area contributed by atoms with Gasteiger partial charge in [0.2, 0.25) is 0 Å². The third-order valence-electron chi connectivity index (χ3n) is 5.32. The molecule has 4 rings (SSSR count). The molecule has 0 spiro atoms. The van der Waals surface area contributed by atoms with E-state index < -0.39 is 0 Å². The largest absolute Gasteiger partial charge is 0.390 e. The summed E-state index contributed by atoms with van der Waals surface area (Å²) in [5.41, 5.74) is 3.80. The van der Waals surface area contributed by atoms with E-state index in [9.17, 15) is 5.11 Å². The number of benzene rings is 2. The van der Waals surface area contributed by atoms with E-state index in [1.165, 1.54) is 16.7 Å². The summed E-state index contributed by atoms with van der Waals surface area (Å²) < 4.78 is 5.43. The van der Waals surface area contributed by atoms with E-state index in [1.807, 2.05) is 6.07 Å². The molecular weight excluding hydrogens is 312 g/mol. The van der Waals surface area contributed by atoms with Gasteiger partial charge in [0.25, 0.3) is 0 Å². The van der Waals surface area contributed by atoms with Crippen molar-refractivity contribution in [2.75, 3.05) is 39.4 Å². The normalized spacial score (nSPS) is 25.3. The van der Waals surface area contributed by atoms with Crippen LogP contribution in [0.3, 0.4) is 0 Å². The SMILES string of the molecule is O[C@H]1CN(Cc2ccc(-c3ccccc3)cc2)C[C@@H]1N1CCOCC1. The highest BCUT2D eigenvalue weighted by molar-refractivity contribution is 5.63. The summed E-state index contributed by atoms with van der Waals surface area (Å²) in [5, 5.41) is 10.5. The highest BCUT2D eigenvalue weighted by Crippen LogP contribution is 2.22. The molecule has 2 aromatic rings. The first-order chi connectivity index (χ1) is 12.3. The van der Waals surface area contributed by atoms with E-state index in [-0.39, 0.29) is 12.1 Å². The molecule has 4 heteroatoms. The molecule has 132 valence electrons. The van der Waals surface area contributed by atoms with Gasteiger partial charge in [0.05, 0.1) is 19.3 Å². The number of rotatable bonds is 4. The lowest BCUT2D eigenvalue weighted by molar-refractivity contribution is -0.00618. The molecule has 1 N–H and O–H groups in total. The average molecular weight is 338 g/mol. The smallest absolute Gasteiger partial charge is 0.0834 e. The maximum atomic E-state index is 10.5. The Morgan fingerprint density at radius 3 is 2.28 bits per heavy atom. The molecule has 2 aliphatic heterocycles. The van der Waals surface area contributed by atoms with Crippen molar-refractivity contribution in [1.82, 2.24) is 9.80 Å². The molecule has 2 aliphatic rings. The summed E-state index contributed by atoms with van der Waals surface area (Å²) in [5.74, 6) is 0. The minimum absolute atomic E-state index is 0.243. The minimum atomic E-state index is -0.262. The van der Waals surface area contributed by atoms with Gasteiger partial charge < -0.3 is 9.84 Å². The van der Waals surface area contributed by atoms with E-state index in [0.29, 0.717) is 0 Å². The Balaban J connectivity index is 1.37. The van der Waals surface area contributed by atoms with Crippen LogP contribution in [0.25, 0.3) is 11.1 Å². The maximum absolute atomic E-state index is 10.5. The Kier molecular flexibility index (Phi) is 5.13. The molecule has 4 nitrogen and oxygen atoms in total. The Bertz CT molecular complexity index is 668. The molecule has 0 aromatic heterocycles. The van der Waals surface area contributed by atoms with Gasteiger partial charge in [0.1, 0.15) is 0 Å². The van der Waals surface area contributed by atoms with Crippen molar-refractivity contribution < 1.29 is 9.84 Å². The summed E-state index contributed by atoms with van der Waals surface area (Å²) in [6.07, 6.45) is -0.262. The summed E-state index contributed by atoms with van der Waals surface area (Å²) in [6.45, 7) is 6.01. The Labute approximate surface area is 149 Å². The van der Waals surface area contributed by atoms with Crippen molar-refractivity contribution in [3.05, 3.63) is 60.2 Å². The van der Waals surface area contributed by atoms with Crippen molar-refractivity contribution in [3.8, 4) is 11.1 Å². The van der Waals surface area contributed by atoms with Gasteiger partial charge in [-0.3, -0.25) is 9.80 Å². The van der Waals surface area contributed by atoms with Crippen molar-refractivity contribution >= 4 is 0 Å². The Morgan fingerprint density at radius 1 is 0.880 bits per heavy atom. The lowest BCUT2D eigenvalue weighted by Gasteiger charge is -2.33. The zero-order chi connectivity index (χ0) is 17.1. The predicted octanol–water partition coefficient (Wildman–Crippen LogP) is 2.23. The average Bonchev–Trinajstić information content (AvgIpc) is 3.04. The maximum Gasteiger partial charge on any atom is 0.0834 e. The van der Waals surface area contributed by atoms with Gasteiger partial charge in [-0.1, -0.05) is 54.6 Å². The number of ether oxygens (including phenoxy) is 1. The van der Waals surface area contributed by atoms with E-state index >= 15 is 0 Å². The Hall–Kier alpha value is -1.72. The quantitative estimate of drug-likeness (QED) is 0.927. The number of likely N-dealkylation sites (tertiary alicyclic amines) is 1. The lowest BCUT2D eigenvalue weighted by atomic mass is 10.0. The van der Waals surface area contributed by atoms with E-state index in [2.05, 4.69) is 58.3 Å². The number of aliphatic hydroxyl groups is 1. The number of nitrogens with zero attached hydrogens (tertiary/aromatic N) is 2. The molecule has 2 atom stereocenters. The second kappa shape index (κ2) is 7.67. The van der Waals surface area contributed by atoms with Crippen molar-refractivity contribution in [1.29, 1.82) is 0 Å². The standard InChI is InChI=1S/C21H26N2O2/c24-21-16-22(15-20(21)23-10-12-25-13-11-23)14-17-6-8-19(9-7-17)18-4-2-1-3-5-18/h1-9,20-21,24H,10-16H2/t20-,21-/m0/s1. The summed E-state index contributed by atoms with van der Waals surface area (Å²) in [7, 11) is 0. The molecule has 0 amide bonds. The fourth-order valence-corrected chi connectivity index (χ4v) is 3.94. The highest BCUT2D eigenvalue weighted by Gasteiger charge is 2.35. The van der Waals surface area contributed by atoms with Crippen LogP contribution in [0.5, 0.6) is 0 Å². The van der Waals surface area contributed by atoms with Crippen LogP contribution in [0, 0.1) is 0 Å². The monoisotopic (exact) mass is 338 g/mol. The van der Waals surface area contributed by atoms with Crippen LogP contribution < -0.4 is 0 Å². The topological polar surface area (TPSA) is 35.9 Å². The van der Waals surface area contributed by atoms with Gasteiger partial charge in [0, 0.05) is 38.8 Å². The summed E-state index contributed by atoms with van der Waals surface area (Å²) in [6, 6.07) is 19.5. The van der Waals surface area contributed by atoms with E-state index in [0.717, 1.165) is 45.9 Å². The molecule has 0 saturated carbocycles.